The molecule has 3 aromatic heterocycles. The summed E-state index contributed by atoms with van der Waals surface area (Å²) in [5.74, 6) is -0.578. The lowest BCUT2D eigenvalue weighted by atomic mass is 10.1. The van der Waals surface area contributed by atoms with Gasteiger partial charge in [-0.25, -0.2) is 22.8 Å². The van der Waals surface area contributed by atoms with Gasteiger partial charge < -0.3 is 14.8 Å². The van der Waals surface area contributed by atoms with Crippen LogP contribution in [0.15, 0.2) is 48.8 Å². The number of pyridine rings is 3. The Morgan fingerprint density at radius 1 is 1.17 bits per heavy atom. The molecule has 212 valence electrons. The summed E-state index contributed by atoms with van der Waals surface area (Å²) >= 11 is 5.94. The third-order valence-corrected chi connectivity index (χ3v) is 7.95. The van der Waals surface area contributed by atoms with Gasteiger partial charge >= 0.3 is 0 Å². The van der Waals surface area contributed by atoms with Crippen molar-refractivity contribution < 1.29 is 22.3 Å². The first-order chi connectivity index (χ1) is 19.8. The molecule has 4 heterocycles. The van der Waals surface area contributed by atoms with E-state index in [1.54, 1.807) is 18.2 Å². The van der Waals surface area contributed by atoms with Crippen molar-refractivity contribution in [3.63, 3.8) is 0 Å². The fraction of sp³-hybridized carbons (Fsp3) is 0.259. The minimum Gasteiger partial charge on any atom is -0.480 e. The highest BCUT2D eigenvalue weighted by Gasteiger charge is 2.20. The molecular formula is C27H25ClFN7O4S. The molecule has 14 heteroatoms. The molecule has 11 nitrogen and oxygen atoms in total. The number of hydrogen-bond acceptors (Lipinski definition) is 10. The second kappa shape index (κ2) is 12.2. The molecule has 0 amide bonds. The first kappa shape index (κ1) is 28.4. The van der Waals surface area contributed by atoms with Crippen LogP contribution in [0, 0.1) is 17.1 Å². The highest BCUT2D eigenvalue weighted by atomic mass is 35.5. The van der Waals surface area contributed by atoms with E-state index in [1.807, 2.05) is 4.90 Å². The van der Waals surface area contributed by atoms with Gasteiger partial charge in [0.05, 0.1) is 53.6 Å². The third kappa shape index (κ3) is 6.63. The number of halogens is 2. The van der Waals surface area contributed by atoms with Gasteiger partial charge in [0.1, 0.15) is 23.1 Å². The number of anilines is 3. The molecule has 0 spiro atoms. The zero-order valence-corrected chi connectivity index (χ0v) is 23.5. The monoisotopic (exact) mass is 597 g/mol. The van der Waals surface area contributed by atoms with Gasteiger partial charge in [-0.05, 0) is 36.4 Å². The largest absolute Gasteiger partial charge is 0.480 e. The predicted molar refractivity (Wildman–Crippen MR) is 153 cm³/mol. The Balaban J connectivity index is 1.47. The number of ether oxygens (including phenoxy) is 2. The molecule has 0 saturated carbocycles. The lowest BCUT2D eigenvalue weighted by molar-refractivity contribution is 0.0408. The number of nitrogens with zero attached hydrogens (tertiary/aromatic N) is 5. The van der Waals surface area contributed by atoms with Gasteiger partial charge in [0.25, 0.3) is 0 Å². The summed E-state index contributed by atoms with van der Waals surface area (Å²) in [7, 11) is -2.32. The molecule has 0 unspecified atom stereocenters. The van der Waals surface area contributed by atoms with Crippen LogP contribution in [-0.4, -0.2) is 74.0 Å². The number of hydrogen-bond donors (Lipinski definition) is 2. The Bertz CT molecular complexity index is 1740. The average molecular weight is 598 g/mol. The van der Waals surface area contributed by atoms with E-state index in [-0.39, 0.29) is 27.9 Å². The van der Waals surface area contributed by atoms with Gasteiger partial charge in [-0.1, -0.05) is 11.6 Å². The minimum atomic E-state index is -3.72. The second-order valence-electron chi connectivity index (χ2n) is 9.13. The molecule has 0 radical (unpaired) electrons. The lowest BCUT2D eigenvalue weighted by Gasteiger charge is -2.26. The Kier molecular flexibility index (Phi) is 8.46. The van der Waals surface area contributed by atoms with Crippen LogP contribution >= 0.6 is 11.6 Å². The maximum atomic E-state index is 13.7. The van der Waals surface area contributed by atoms with E-state index in [0.717, 1.165) is 0 Å². The van der Waals surface area contributed by atoms with E-state index in [4.69, 9.17) is 26.1 Å². The van der Waals surface area contributed by atoms with Crippen molar-refractivity contribution >= 4 is 49.7 Å². The smallest absolute Gasteiger partial charge is 0.238 e. The molecular weight excluding hydrogens is 573 g/mol. The number of nitriles is 1. The van der Waals surface area contributed by atoms with Gasteiger partial charge in [0.15, 0.2) is 0 Å². The van der Waals surface area contributed by atoms with E-state index in [9.17, 15) is 18.1 Å². The normalized spacial score (nSPS) is 14.0. The fourth-order valence-electron chi connectivity index (χ4n) is 4.28. The van der Waals surface area contributed by atoms with Crippen molar-refractivity contribution in [2.24, 2.45) is 0 Å². The van der Waals surface area contributed by atoms with Crippen LogP contribution in [0.2, 0.25) is 5.02 Å². The predicted octanol–water partition coefficient (Wildman–Crippen LogP) is 4.18. The first-order valence-electron chi connectivity index (χ1n) is 12.5. The molecule has 41 heavy (non-hydrogen) atoms. The summed E-state index contributed by atoms with van der Waals surface area (Å²) in [6.45, 7) is 2.87. The van der Waals surface area contributed by atoms with E-state index < -0.39 is 15.8 Å². The number of benzene rings is 1. The minimum absolute atomic E-state index is 0.0789. The lowest BCUT2D eigenvalue weighted by Crippen LogP contribution is -2.39. The highest BCUT2D eigenvalue weighted by Crippen LogP contribution is 2.33. The Labute approximate surface area is 241 Å². The Hall–Kier alpha value is -4.09. The average Bonchev–Trinajstić information content (AvgIpc) is 2.98. The number of nitrogens with one attached hydrogen (secondary N) is 2. The maximum Gasteiger partial charge on any atom is 0.238 e. The number of sulfonamides is 1. The van der Waals surface area contributed by atoms with Crippen LogP contribution in [0.3, 0.4) is 0 Å². The van der Waals surface area contributed by atoms with E-state index in [2.05, 4.69) is 26.1 Å². The molecule has 0 aliphatic carbocycles. The van der Waals surface area contributed by atoms with Crippen LogP contribution < -0.4 is 14.8 Å². The number of aromatic nitrogens is 3. The second-order valence-corrected chi connectivity index (χ2v) is 11.4. The number of fused-ring (bicyclic) bond motifs is 1. The zero-order valence-electron chi connectivity index (χ0n) is 21.9. The summed E-state index contributed by atoms with van der Waals surface area (Å²) < 4.78 is 52.7. The SMILES string of the molecule is COc1ncc(-c2ccc3ncc(C#N)c(Nc4ccc(F)c(Cl)c4)c3n2)cc1NS(=O)(=O)CCN1CCOCC1. The summed E-state index contributed by atoms with van der Waals surface area (Å²) in [5, 5.41) is 12.7. The molecule has 2 N–H and O–H groups in total. The number of morpholine rings is 1. The van der Waals surface area contributed by atoms with E-state index in [0.29, 0.717) is 66.5 Å². The Morgan fingerprint density at radius 3 is 2.71 bits per heavy atom. The van der Waals surface area contributed by atoms with E-state index in [1.165, 1.54) is 37.7 Å². The standard InChI is InChI=1S/C27H25ClFN7O4S/c1-39-27-24(35-41(37,38)11-8-36-6-9-40-10-7-36)12-17(15-32-27)22-4-5-23-26(34-22)25(18(14-30)16-31-23)33-19-2-3-21(29)20(28)13-19/h2-5,12-13,15-16,35H,6-11H2,1H3,(H,31,33). The maximum absolute atomic E-state index is 13.7. The van der Waals surface area contributed by atoms with Crippen molar-refractivity contribution in [3.05, 3.63) is 65.2 Å². The van der Waals surface area contributed by atoms with Crippen molar-refractivity contribution in [2.75, 3.05) is 55.7 Å². The van der Waals surface area contributed by atoms with Crippen LogP contribution in [-0.2, 0) is 14.8 Å². The zero-order chi connectivity index (χ0) is 29.0. The highest BCUT2D eigenvalue weighted by molar-refractivity contribution is 7.92. The summed E-state index contributed by atoms with van der Waals surface area (Å²) in [6, 6.07) is 11.2. The van der Waals surface area contributed by atoms with Crippen molar-refractivity contribution in [1.82, 2.24) is 19.9 Å². The number of rotatable bonds is 9. The third-order valence-electron chi connectivity index (χ3n) is 6.41. The molecule has 1 aliphatic rings. The van der Waals surface area contributed by atoms with Crippen LogP contribution in [0.25, 0.3) is 22.3 Å². The number of methoxy groups -OCH3 is 1. The molecule has 0 atom stereocenters. The van der Waals surface area contributed by atoms with Gasteiger partial charge in [-0.3, -0.25) is 14.6 Å². The molecule has 5 rings (SSSR count). The Morgan fingerprint density at radius 2 is 1.98 bits per heavy atom. The fourth-order valence-corrected chi connectivity index (χ4v) is 5.54. The quantitative estimate of drug-likeness (QED) is 0.288. The van der Waals surface area contributed by atoms with Gasteiger partial charge in [0.2, 0.25) is 15.9 Å². The molecule has 1 saturated heterocycles. The van der Waals surface area contributed by atoms with Crippen molar-refractivity contribution in [3.8, 4) is 23.2 Å². The van der Waals surface area contributed by atoms with Crippen LogP contribution in [0.4, 0.5) is 21.5 Å². The molecule has 1 aromatic carbocycles. The van der Waals surface area contributed by atoms with Gasteiger partial charge in [-0.2, -0.15) is 5.26 Å². The van der Waals surface area contributed by atoms with Gasteiger partial charge in [0, 0.05) is 43.3 Å². The van der Waals surface area contributed by atoms with Crippen molar-refractivity contribution in [2.45, 2.75) is 0 Å². The summed E-state index contributed by atoms with van der Waals surface area (Å²) in [6.07, 6.45) is 2.92. The van der Waals surface area contributed by atoms with E-state index >= 15 is 0 Å². The molecule has 4 aromatic rings. The van der Waals surface area contributed by atoms with Gasteiger partial charge in [-0.15, -0.1) is 0 Å². The summed E-state index contributed by atoms with van der Waals surface area (Å²) in [4.78, 5) is 15.4. The molecule has 1 fully saturated rings. The molecule has 1 aliphatic heterocycles. The first-order valence-corrected chi connectivity index (χ1v) is 14.6. The molecule has 0 bridgehead atoms. The van der Waals surface area contributed by atoms with Crippen molar-refractivity contribution in [1.29, 1.82) is 5.26 Å². The van der Waals surface area contributed by atoms with Crippen LogP contribution in [0.5, 0.6) is 5.88 Å². The van der Waals surface area contributed by atoms with Crippen LogP contribution in [0.1, 0.15) is 5.56 Å². The topological polar surface area (TPSA) is 142 Å². The summed E-state index contributed by atoms with van der Waals surface area (Å²) in [5.41, 5.74) is 2.98.